The highest BCUT2D eigenvalue weighted by Gasteiger charge is 2.35. The highest BCUT2D eigenvalue weighted by atomic mass is 32.2. The van der Waals surface area contributed by atoms with E-state index in [1.165, 1.54) is 0 Å². The van der Waals surface area contributed by atoms with Crippen LogP contribution < -0.4 is 5.73 Å². The van der Waals surface area contributed by atoms with E-state index in [0.717, 1.165) is 32.1 Å². The Morgan fingerprint density at radius 3 is 2.65 bits per heavy atom. The Hall–Kier alpha value is -0.200. The average Bonchev–Trinajstić information content (AvgIpc) is 2.52. The SMILES string of the molecule is CCC1CCCCCN1S(=O)(=O)C(C)C(N)=S. The van der Waals surface area contributed by atoms with Gasteiger partial charge in [-0.05, 0) is 26.2 Å². The fraction of sp³-hybridized carbons (Fsp3) is 0.909. The second-order valence-electron chi connectivity index (χ2n) is 4.61. The second-order valence-corrected chi connectivity index (χ2v) is 7.29. The molecule has 1 heterocycles. The van der Waals surface area contributed by atoms with Crippen molar-refractivity contribution in [2.45, 2.75) is 57.2 Å². The van der Waals surface area contributed by atoms with Gasteiger partial charge in [0.05, 0.1) is 4.99 Å². The second kappa shape index (κ2) is 6.11. The van der Waals surface area contributed by atoms with Gasteiger partial charge in [-0.2, -0.15) is 4.31 Å². The molecule has 2 atom stereocenters. The molecule has 0 saturated carbocycles. The van der Waals surface area contributed by atoms with Gasteiger partial charge in [-0.25, -0.2) is 8.42 Å². The summed E-state index contributed by atoms with van der Waals surface area (Å²) in [4.78, 5) is 0.0594. The van der Waals surface area contributed by atoms with E-state index in [4.69, 9.17) is 18.0 Å². The Morgan fingerprint density at radius 1 is 1.47 bits per heavy atom. The molecule has 0 bridgehead atoms. The molecule has 0 radical (unpaired) electrons. The molecule has 1 saturated heterocycles. The molecule has 0 aliphatic carbocycles. The summed E-state index contributed by atoms with van der Waals surface area (Å²) in [6.45, 7) is 4.22. The van der Waals surface area contributed by atoms with Crippen molar-refractivity contribution >= 4 is 27.2 Å². The molecular weight excluding hydrogens is 256 g/mol. The minimum Gasteiger partial charge on any atom is -0.392 e. The minimum atomic E-state index is -3.38. The lowest BCUT2D eigenvalue weighted by molar-refractivity contribution is 0.314. The zero-order valence-electron chi connectivity index (χ0n) is 10.6. The summed E-state index contributed by atoms with van der Waals surface area (Å²) in [6.07, 6.45) is 4.93. The zero-order chi connectivity index (χ0) is 13.1. The van der Waals surface area contributed by atoms with Gasteiger partial charge in [-0.3, -0.25) is 0 Å². The molecule has 17 heavy (non-hydrogen) atoms. The Labute approximate surface area is 110 Å². The largest absolute Gasteiger partial charge is 0.392 e. The first-order chi connectivity index (χ1) is 7.91. The van der Waals surface area contributed by atoms with Gasteiger partial charge in [-0.1, -0.05) is 32.0 Å². The molecule has 100 valence electrons. The van der Waals surface area contributed by atoms with Gasteiger partial charge in [-0.15, -0.1) is 0 Å². The maximum absolute atomic E-state index is 12.4. The van der Waals surface area contributed by atoms with E-state index >= 15 is 0 Å². The minimum absolute atomic E-state index is 0.0594. The number of hydrogen-bond donors (Lipinski definition) is 1. The lowest BCUT2D eigenvalue weighted by Gasteiger charge is -2.30. The van der Waals surface area contributed by atoms with E-state index < -0.39 is 15.3 Å². The molecule has 0 aromatic rings. The summed E-state index contributed by atoms with van der Waals surface area (Å²) < 4.78 is 26.4. The van der Waals surface area contributed by atoms with Crippen LogP contribution in [0.25, 0.3) is 0 Å². The summed E-state index contributed by atoms with van der Waals surface area (Å²) in [6, 6.07) is 0.110. The molecule has 0 aromatic heterocycles. The molecule has 1 aliphatic heterocycles. The number of nitrogens with zero attached hydrogens (tertiary/aromatic N) is 1. The molecule has 0 amide bonds. The summed E-state index contributed by atoms with van der Waals surface area (Å²) in [5.41, 5.74) is 5.48. The van der Waals surface area contributed by atoms with Gasteiger partial charge >= 0.3 is 0 Å². The fourth-order valence-electron chi connectivity index (χ4n) is 2.24. The van der Waals surface area contributed by atoms with Gasteiger partial charge in [0.15, 0.2) is 0 Å². The normalized spacial score (nSPS) is 25.2. The Balaban J connectivity index is 2.97. The van der Waals surface area contributed by atoms with Gasteiger partial charge in [0.1, 0.15) is 5.25 Å². The number of rotatable bonds is 4. The van der Waals surface area contributed by atoms with Crippen molar-refractivity contribution in [3.8, 4) is 0 Å². The maximum atomic E-state index is 12.4. The molecule has 4 nitrogen and oxygen atoms in total. The van der Waals surface area contributed by atoms with E-state index in [0.29, 0.717) is 6.54 Å². The smallest absolute Gasteiger partial charge is 0.223 e. The van der Waals surface area contributed by atoms with Crippen LogP contribution in [0.2, 0.25) is 0 Å². The predicted octanol–water partition coefficient (Wildman–Crippen LogP) is 1.65. The molecule has 0 spiro atoms. The lowest BCUT2D eigenvalue weighted by Crippen LogP contribution is -2.47. The van der Waals surface area contributed by atoms with Crippen molar-refractivity contribution in [2.24, 2.45) is 5.73 Å². The Kier molecular flexibility index (Phi) is 5.34. The Morgan fingerprint density at radius 2 is 2.12 bits per heavy atom. The summed E-state index contributed by atoms with van der Waals surface area (Å²) in [5, 5.41) is -0.760. The van der Waals surface area contributed by atoms with Crippen molar-refractivity contribution in [1.82, 2.24) is 4.31 Å². The third-order valence-corrected chi connectivity index (χ3v) is 6.25. The molecule has 2 N–H and O–H groups in total. The third kappa shape index (κ3) is 3.39. The maximum Gasteiger partial charge on any atom is 0.223 e. The first-order valence-electron chi connectivity index (χ1n) is 6.21. The first kappa shape index (κ1) is 14.9. The van der Waals surface area contributed by atoms with Crippen LogP contribution in [-0.4, -0.2) is 35.5 Å². The molecular formula is C11H22N2O2S2. The van der Waals surface area contributed by atoms with Crippen LogP contribution in [0.3, 0.4) is 0 Å². The van der Waals surface area contributed by atoms with Crippen LogP contribution in [0.4, 0.5) is 0 Å². The molecule has 1 rings (SSSR count). The lowest BCUT2D eigenvalue weighted by atomic mass is 10.1. The average molecular weight is 278 g/mol. The number of thiocarbonyl (C=S) groups is 1. The van der Waals surface area contributed by atoms with Crippen molar-refractivity contribution in [3.63, 3.8) is 0 Å². The predicted molar refractivity (Wildman–Crippen MR) is 74.4 cm³/mol. The first-order valence-corrected chi connectivity index (χ1v) is 8.12. The van der Waals surface area contributed by atoms with Crippen LogP contribution in [-0.2, 0) is 10.0 Å². The van der Waals surface area contributed by atoms with E-state index in [1.807, 2.05) is 6.92 Å². The van der Waals surface area contributed by atoms with E-state index in [9.17, 15) is 8.42 Å². The highest BCUT2D eigenvalue weighted by Crippen LogP contribution is 2.24. The molecule has 6 heteroatoms. The van der Waals surface area contributed by atoms with Gasteiger partial charge < -0.3 is 5.73 Å². The van der Waals surface area contributed by atoms with Gasteiger partial charge in [0.2, 0.25) is 10.0 Å². The van der Waals surface area contributed by atoms with Crippen LogP contribution in [0, 0.1) is 0 Å². The van der Waals surface area contributed by atoms with Crippen LogP contribution >= 0.6 is 12.2 Å². The summed E-state index contributed by atoms with van der Waals surface area (Å²) in [5.74, 6) is 0. The highest BCUT2D eigenvalue weighted by molar-refractivity contribution is 7.92. The van der Waals surface area contributed by atoms with Crippen LogP contribution in [0.5, 0.6) is 0 Å². The van der Waals surface area contributed by atoms with E-state index in [1.54, 1.807) is 11.2 Å². The van der Waals surface area contributed by atoms with Crippen molar-refractivity contribution < 1.29 is 8.42 Å². The summed E-state index contributed by atoms with van der Waals surface area (Å²) >= 11 is 4.82. The topological polar surface area (TPSA) is 63.4 Å². The van der Waals surface area contributed by atoms with E-state index in [2.05, 4.69) is 0 Å². The zero-order valence-corrected chi connectivity index (χ0v) is 12.2. The monoisotopic (exact) mass is 278 g/mol. The van der Waals surface area contributed by atoms with Crippen molar-refractivity contribution in [2.75, 3.05) is 6.54 Å². The van der Waals surface area contributed by atoms with E-state index in [-0.39, 0.29) is 11.0 Å². The Bertz CT molecular complexity index is 368. The van der Waals surface area contributed by atoms with Gasteiger partial charge in [0, 0.05) is 12.6 Å². The van der Waals surface area contributed by atoms with Gasteiger partial charge in [0.25, 0.3) is 0 Å². The fourth-order valence-corrected chi connectivity index (χ4v) is 4.36. The van der Waals surface area contributed by atoms with Crippen LogP contribution in [0.15, 0.2) is 0 Å². The standard InChI is InChI=1S/C11H22N2O2S2/c1-3-10-7-5-4-6-8-13(10)17(14,15)9(2)11(12)16/h9-10H,3-8H2,1-2H3,(H2,12,16). The molecule has 2 unspecified atom stereocenters. The van der Waals surface area contributed by atoms with Crippen molar-refractivity contribution in [1.29, 1.82) is 0 Å². The number of sulfonamides is 1. The number of nitrogens with two attached hydrogens (primary N) is 1. The number of hydrogen-bond acceptors (Lipinski definition) is 3. The third-order valence-electron chi connectivity index (χ3n) is 3.47. The quantitative estimate of drug-likeness (QED) is 0.794. The molecule has 1 fully saturated rings. The summed E-state index contributed by atoms with van der Waals surface area (Å²) in [7, 11) is -3.38. The molecule has 1 aliphatic rings. The molecule has 0 aromatic carbocycles. The van der Waals surface area contributed by atoms with Crippen LogP contribution in [0.1, 0.15) is 46.0 Å². The van der Waals surface area contributed by atoms with Crippen molar-refractivity contribution in [3.05, 3.63) is 0 Å².